The molecule has 0 heterocycles. The highest BCUT2D eigenvalue weighted by Crippen LogP contribution is 1.99. The molecule has 1 N–H and O–H groups in total. The number of ether oxygens (including phenoxy) is 2. The van der Waals surface area contributed by atoms with Gasteiger partial charge in [-0.25, -0.2) is 0 Å². The molecule has 15 heavy (non-hydrogen) atoms. The predicted molar refractivity (Wildman–Crippen MR) is 57.9 cm³/mol. The second kappa shape index (κ2) is 10.1. The van der Waals surface area contributed by atoms with Crippen molar-refractivity contribution in [3.05, 3.63) is 0 Å². The fraction of sp³-hybridized carbons (Fsp3) is 0.909. The van der Waals surface area contributed by atoms with E-state index in [0.717, 1.165) is 6.42 Å². The van der Waals surface area contributed by atoms with Gasteiger partial charge in [0, 0.05) is 32.7 Å². The second-order valence-corrected chi connectivity index (χ2v) is 3.33. The molecule has 4 heteroatoms. The summed E-state index contributed by atoms with van der Waals surface area (Å²) in [4.78, 5) is 11.3. The van der Waals surface area contributed by atoms with Crippen molar-refractivity contribution in [3.8, 4) is 0 Å². The molecule has 0 aliphatic carbocycles. The summed E-state index contributed by atoms with van der Waals surface area (Å²) in [5.74, 6) is -0.161. The molecule has 0 aromatic carbocycles. The molecule has 0 amide bonds. The first-order valence-corrected chi connectivity index (χ1v) is 5.58. The molecular formula is C11H22O4. The van der Waals surface area contributed by atoms with Crippen molar-refractivity contribution in [1.82, 2.24) is 0 Å². The van der Waals surface area contributed by atoms with Gasteiger partial charge in [0.05, 0.1) is 6.61 Å². The van der Waals surface area contributed by atoms with Gasteiger partial charge in [0.2, 0.25) is 0 Å². The van der Waals surface area contributed by atoms with E-state index in [0.29, 0.717) is 32.8 Å². The van der Waals surface area contributed by atoms with E-state index >= 15 is 0 Å². The van der Waals surface area contributed by atoms with Crippen LogP contribution in [0.2, 0.25) is 0 Å². The quantitative estimate of drug-likeness (QED) is 0.559. The number of Topliss-reactive ketones (excluding diaryl/α,β-unsaturated/α-hetero) is 1. The van der Waals surface area contributed by atoms with Crippen LogP contribution in [0.4, 0.5) is 0 Å². The second-order valence-electron chi connectivity index (χ2n) is 3.33. The van der Waals surface area contributed by atoms with Gasteiger partial charge in [0.1, 0.15) is 6.10 Å². The number of carbonyl (C=O) groups excluding carboxylic acids is 1. The Kier molecular flexibility index (Phi) is 9.78. The minimum atomic E-state index is -0.901. The van der Waals surface area contributed by atoms with Gasteiger partial charge in [-0.3, -0.25) is 4.79 Å². The van der Waals surface area contributed by atoms with E-state index in [2.05, 4.69) is 0 Å². The van der Waals surface area contributed by atoms with Gasteiger partial charge in [-0.15, -0.1) is 0 Å². The summed E-state index contributed by atoms with van der Waals surface area (Å²) >= 11 is 0. The molecule has 0 radical (unpaired) electrons. The Morgan fingerprint density at radius 3 is 2.53 bits per heavy atom. The monoisotopic (exact) mass is 218 g/mol. The fourth-order valence-corrected chi connectivity index (χ4v) is 1.09. The Morgan fingerprint density at radius 1 is 1.20 bits per heavy atom. The highest BCUT2D eigenvalue weighted by Gasteiger charge is 2.13. The molecule has 0 fully saturated rings. The third-order valence-corrected chi connectivity index (χ3v) is 1.95. The first-order valence-electron chi connectivity index (χ1n) is 5.58. The molecule has 0 saturated heterocycles. The number of aliphatic hydroxyl groups excluding tert-OH is 1. The minimum Gasteiger partial charge on any atom is -0.385 e. The zero-order chi connectivity index (χ0) is 11.5. The standard InChI is InChI=1S/C11H22O4/c1-3-7-15-9-6-11(13)10(12)5-8-14-4-2/h10,12H,3-9H2,1-2H3. The molecule has 0 aromatic rings. The van der Waals surface area contributed by atoms with Crippen LogP contribution >= 0.6 is 0 Å². The largest absolute Gasteiger partial charge is 0.385 e. The molecule has 90 valence electrons. The van der Waals surface area contributed by atoms with Crippen molar-refractivity contribution in [1.29, 1.82) is 0 Å². The number of carbonyl (C=O) groups is 1. The lowest BCUT2D eigenvalue weighted by molar-refractivity contribution is -0.129. The SMILES string of the molecule is CCCOCCC(=O)C(O)CCOCC. The van der Waals surface area contributed by atoms with Gasteiger partial charge in [-0.2, -0.15) is 0 Å². The average Bonchev–Trinajstić information content (AvgIpc) is 2.24. The number of rotatable bonds is 10. The normalized spacial score (nSPS) is 12.7. The third-order valence-electron chi connectivity index (χ3n) is 1.95. The average molecular weight is 218 g/mol. The van der Waals surface area contributed by atoms with E-state index in [1.54, 1.807) is 0 Å². The van der Waals surface area contributed by atoms with Gasteiger partial charge in [0.25, 0.3) is 0 Å². The van der Waals surface area contributed by atoms with E-state index in [4.69, 9.17) is 9.47 Å². The van der Waals surface area contributed by atoms with Crippen LogP contribution in [0.25, 0.3) is 0 Å². The fourth-order valence-electron chi connectivity index (χ4n) is 1.09. The van der Waals surface area contributed by atoms with Crippen LogP contribution < -0.4 is 0 Å². The highest BCUT2D eigenvalue weighted by atomic mass is 16.5. The van der Waals surface area contributed by atoms with Crippen LogP contribution in [0.1, 0.15) is 33.1 Å². The first kappa shape index (κ1) is 14.6. The molecule has 4 nitrogen and oxygen atoms in total. The van der Waals surface area contributed by atoms with Crippen LogP contribution in [0.15, 0.2) is 0 Å². The van der Waals surface area contributed by atoms with Crippen LogP contribution in [0, 0.1) is 0 Å². The lowest BCUT2D eigenvalue weighted by atomic mass is 10.1. The highest BCUT2D eigenvalue weighted by molar-refractivity contribution is 5.82. The molecule has 0 saturated carbocycles. The number of hydrogen-bond donors (Lipinski definition) is 1. The van der Waals surface area contributed by atoms with Gasteiger partial charge in [-0.1, -0.05) is 6.92 Å². The van der Waals surface area contributed by atoms with Crippen molar-refractivity contribution in [2.24, 2.45) is 0 Å². The molecule has 0 bridgehead atoms. The van der Waals surface area contributed by atoms with Crippen molar-refractivity contribution < 1.29 is 19.4 Å². The van der Waals surface area contributed by atoms with E-state index in [-0.39, 0.29) is 12.2 Å². The topological polar surface area (TPSA) is 55.8 Å². The summed E-state index contributed by atoms with van der Waals surface area (Å²) in [7, 11) is 0. The zero-order valence-electron chi connectivity index (χ0n) is 9.70. The molecule has 0 rings (SSSR count). The first-order chi connectivity index (χ1) is 7.22. The van der Waals surface area contributed by atoms with Crippen molar-refractivity contribution in [2.45, 2.75) is 39.2 Å². The van der Waals surface area contributed by atoms with Crippen molar-refractivity contribution >= 4 is 5.78 Å². The molecule has 1 atom stereocenters. The summed E-state index contributed by atoms with van der Waals surface area (Å²) in [5, 5.41) is 9.42. The maximum atomic E-state index is 11.3. The Morgan fingerprint density at radius 2 is 1.93 bits per heavy atom. The summed E-state index contributed by atoms with van der Waals surface area (Å²) in [6.45, 7) is 6.01. The van der Waals surface area contributed by atoms with E-state index < -0.39 is 6.10 Å². The third kappa shape index (κ3) is 8.54. The van der Waals surface area contributed by atoms with E-state index in [9.17, 15) is 9.90 Å². The summed E-state index contributed by atoms with van der Waals surface area (Å²) in [5.41, 5.74) is 0. The van der Waals surface area contributed by atoms with Gasteiger partial charge in [-0.05, 0) is 13.3 Å². The Bertz CT molecular complexity index is 159. The predicted octanol–water partition coefficient (Wildman–Crippen LogP) is 1.16. The maximum Gasteiger partial charge on any atom is 0.163 e. The van der Waals surface area contributed by atoms with E-state index in [1.807, 2.05) is 13.8 Å². The molecule has 0 aliphatic heterocycles. The molecule has 0 aliphatic rings. The van der Waals surface area contributed by atoms with Gasteiger partial charge >= 0.3 is 0 Å². The zero-order valence-corrected chi connectivity index (χ0v) is 9.70. The number of aliphatic hydroxyl groups is 1. The molecular weight excluding hydrogens is 196 g/mol. The number of ketones is 1. The van der Waals surface area contributed by atoms with Crippen molar-refractivity contribution in [3.63, 3.8) is 0 Å². The summed E-state index contributed by atoms with van der Waals surface area (Å²) in [6.07, 6.45) is 0.705. The Hall–Kier alpha value is -0.450. The van der Waals surface area contributed by atoms with Crippen LogP contribution in [0.3, 0.4) is 0 Å². The summed E-state index contributed by atoms with van der Waals surface area (Å²) in [6, 6.07) is 0. The van der Waals surface area contributed by atoms with E-state index in [1.165, 1.54) is 0 Å². The maximum absolute atomic E-state index is 11.3. The lowest BCUT2D eigenvalue weighted by Gasteiger charge is -2.09. The number of hydrogen-bond acceptors (Lipinski definition) is 4. The Balaban J connectivity index is 3.42. The molecule has 0 spiro atoms. The summed E-state index contributed by atoms with van der Waals surface area (Å²) < 4.78 is 10.2. The van der Waals surface area contributed by atoms with Crippen LogP contribution in [0.5, 0.6) is 0 Å². The van der Waals surface area contributed by atoms with Gasteiger partial charge < -0.3 is 14.6 Å². The van der Waals surface area contributed by atoms with Crippen LogP contribution in [-0.4, -0.2) is 43.4 Å². The molecule has 0 aromatic heterocycles. The lowest BCUT2D eigenvalue weighted by Crippen LogP contribution is -2.23. The smallest absolute Gasteiger partial charge is 0.163 e. The minimum absolute atomic E-state index is 0.161. The van der Waals surface area contributed by atoms with Crippen LogP contribution in [-0.2, 0) is 14.3 Å². The Labute approximate surface area is 91.6 Å². The van der Waals surface area contributed by atoms with Gasteiger partial charge in [0.15, 0.2) is 5.78 Å². The molecule has 1 unspecified atom stereocenters. The van der Waals surface area contributed by atoms with Crippen molar-refractivity contribution in [2.75, 3.05) is 26.4 Å².